The highest BCUT2D eigenvalue weighted by molar-refractivity contribution is 6.65. The highest BCUT2D eigenvalue weighted by Crippen LogP contribution is 2.57. The fourth-order valence-corrected chi connectivity index (χ4v) is 3.72. The van der Waals surface area contributed by atoms with E-state index in [2.05, 4.69) is 0 Å². The maximum absolute atomic E-state index is 11.3. The van der Waals surface area contributed by atoms with Gasteiger partial charge in [-0.2, -0.15) is 0 Å². The predicted octanol–water partition coefficient (Wildman–Crippen LogP) is 2.80. The van der Waals surface area contributed by atoms with Crippen molar-refractivity contribution in [1.29, 1.82) is 0 Å². The molecule has 1 nitrogen and oxygen atoms in total. The van der Waals surface area contributed by atoms with Gasteiger partial charge >= 0.3 is 0 Å². The Kier molecular flexibility index (Phi) is 2.12. The van der Waals surface area contributed by atoms with Crippen LogP contribution in [0, 0.1) is 17.3 Å². The summed E-state index contributed by atoms with van der Waals surface area (Å²) in [6.45, 7) is 0. The molecule has 0 aromatic carbocycles. The van der Waals surface area contributed by atoms with E-state index >= 15 is 0 Å². The molecule has 12 heavy (non-hydrogen) atoms. The Labute approximate surface area is 82.4 Å². The summed E-state index contributed by atoms with van der Waals surface area (Å²) >= 11 is 11.5. The first-order valence-electron chi connectivity index (χ1n) is 4.45. The van der Waals surface area contributed by atoms with Crippen molar-refractivity contribution < 1.29 is 4.79 Å². The van der Waals surface area contributed by atoms with E-state index in [1.54, 1.807) is 0 Å². The Morgan fingerprint density at radius 2 is 2.25 bits per heavy atom. The molecule has 2 bridgehead atoms. The van der Waals surface area contributed by atoms with Crippen molar-refractivity contribution in [2.75, 3.05) is 5.88 Å². The average Bonchev–Trinajstić information content (AvgIpc) is 2.62. The Balaban J connectivity index is 2.25. The van der Waals surface area contributed by atoms with Gasteiger partial charge in [0, 0.05) is 5.88 Å². The monoisotopic (exact) mass is 206 g/mol. The van der Waals surface area contributed by atoms with Crippen molar-refractivity contribution >= 4 is 28.4 Å². The highest BCUT2D eigenvalue weighted by Gasteiger charge is 2.54. The van der Waals surface area contributed by atoms with Crippen molar-refractivity contribution in [2.45, 2.75) is 25.7 Å². The van der Waals surface area contributed by atoms with Crippen LogP contribution in [0.25, 0.3) is 0 Å². The second kappa shape index (κ2) is 2.88. The molecule has 2 saturated carbocycles. The SMILES string of the molecule is O=C(Cl)C1(CCl)CC2CCC1C2. The molecule has 2 rings (SSSR count). The van der Waals surface area contributed by atoms with Crippen LogP contribution in [-0.4, -0.2) is 11.1 Å². The average molecular weight is 207 g/mol. The summed E-state index contributed by atoms with van der Waals surface area (Å²) in [7, 11) is 0. The van der Waals surface area contributed by atoms with Crippen LogP contribution in [0.1, 0.15) is 25.7 Å². The van der Waals surface area contributed by atoms with Gasteiger partial charge in [-0.3, -0.25) is 4.79 Å². The zero-order valence-electron chi connectivity index (χ0n) is 6.85. The zero-order valence-corrected chi connectivity index (χ0v) is 8.37. The first-order valence-corrected chi connectivity index (χ1v) is 5.36. The fourth-order valence-electron chi connectivity index (χ4n) is 2.90. The lowest BCUT2D eigenvalue weighted by atomic mass is 9.76. The van der Waals surface area contributed by atoms with E-state index in [0.29, 0.717) is 11.8 Å². The van der Waals surface area contributed by atoms with Gasteiger partial charge in [-0.1, -0.05) is 6.42 Å². The van der Waals surface area contributed by atoms with Gasteiger partial charge < -0.3 is 0 Å². The molecule has 2 fully saturated rings. The molecule has 0 N–H and O–H groups in total. The summed E-state index contributed by atoms with van der Waals surface area (Å²) in [6, 6.07) is 0. The number of rotatable bonds is 2. The lowest BCUT2D eigenvalue weighted by Crippen LogP contribution is -2.35. The van der Waals surface area contributed by atoms with Gasteiger partial charge in [-0.15, -0.1) is 11.6 Å². The second-order valence-corrected chi connectivity index (χ2v) is 4.75. The maximum Gasteiger partial charge on any atom is 0.229 e. The van der Waals surface area contributed by atoms with Crippen molar-refractivity contribution in [3.63, 3.8) is 0 Å². The van der Waals surface area contributed by atoms with Gasteiger partial charge in [0.25, 0.3) is 0 Å². The van der Waals surface area contributed by atoms with Crippen LogP contribution in [0.4, 0.5) is 0 Å². The van der Waals surface area contributed by atoms with Crippen LogP contribution in [0.3, 0.4) is 0 Å². The molecule has 3 unspecified atom stereocenters. The molecular weight excluding hydrogens is 195 g/mol. The van der Waals surface area contributed by atoms with Crippen LogP contribution in [0.15, 0.2) is 0 Å². The van der Waals surface area contributed by atoms with Gasteiger partial charge in [0.2, 0.25) is 5.24 Å². The largest absolute Gasteiger partial charge is 0.281 e. The molecule has 0 aromatic heterocycles. The molecule has 0 aliphatic heterocycles. The van der Waals surface area contributed by atoms with Gasteiger partial charge in [0.15, 0.2) is 0 Å². The minimum Gasteiger partial charge on any atom is -0.281 e. The van der Waals surface area contributed by atoms with E-state index in [0.717, 1.165) is 18.8 Å². The number of hydrogen-bond donors (Lipinski definition) is 0. The predicted molar refractivity (Wildman–Crippen MR) is 49.5 cm³/mol. The quantitative estimate of drug-likeness (QED) is 0.502. The fraction of sp³-hybridized carbons (Fsp3) is 0.889. The summed E-state index contributed by atoms with van der Waals surface area (Å²) < 4.78 is 0. The van der Waals surface area contributed by atoms with Crippen LogP contribution in [0.2, 0.25) is 0 Å². The number of alkyl halides is 1. The smallest absolute Gasteiger partial charge is 0.229 e. The molecule has 0 saturated heterocycles. The lowest BCUT2D eigenvalue weighted by molar-refractivity contribution is -0.121. The van der Waals surface area contributed by atoms with E-state index in [1.165, 1.54) is 12.8 Å². The molecule has 2 aliphatic rings. The van der Waals surface area contributed by atoms with E-state index < -0.39 is 0 Å². The molecule has 0 spiro atoms. The van der Waals surface area contributed by atoms with Gasteiger partial charge in [-0.05, 0) is 42.7 Å². The number of carbonyl (C=O) groups is 1. The molecule has 0 aromatic rings. The Morgan fingerprint density at radius 1 is 1.50 bits per heavy atom. The summed E-state index contributed by atoms with van der Waals surface area (Å²) in [5.41, 5.74) is -0.355. The summed E-state index contributed by atoms with van der Waals surface area (Å²) in [5, 5.41) is -0.204. The van der Waals surface area contributed by atoms with E-state index in [-0.39, 0.29) is 10.7 Å². The molecule has 3 atom stereocenters. The molecule has 3 heteroatoms. The Hall–Kier alpha value is 0.250. The standard InChI is InChI=1S/C9H12Cl2O/c10-5-9(8(11)12)4-6-1-2-7(9)3-6/h6-7H,1-5H2. The van der Waals surface area contributed by atoms with Gasteiger partial charge in [0.1, 0.15) is 0 Å². The summed E-state index contributed by atoms with van der Waals surface area (Å²) in [5.74, 6) is 1.61. The van der Waals surface area contributed by atoms with Crippen LogP contribution < -0.4 is 0 Å². The number of halogens is 2. The maximum atomic E-state index is 11.3. The van der Waals surface area contributed by atoms with Crippen molar-refractivity contribution in [2.24, 2.45) is 17.3 Å². The minimum absolute atomic E-state index is 0.204. The summed E-state index contributed by atoms with van der Waals surface area (Å²) in [6.07, 6.45) is 4.53. The lowest BCUT2D eigenvalue weighted by Gasteiger charge is -2.31. The van der Waals surface area contributed by atoms with E-state index in [1.807, 2.05) is 0 Å². The van der Waals surface area contributed by atoms with Crippen LogP contribution in [0.5, 0.6) is 0 Å². The number of fused-ring (bicyclic) bond motifs is 2. The first kappa shape index (κ1) is 8.83. The summed E-state index contributed by atoms with van der Waals surface area (Å²) in [4.78, 5) is 11.3. The van der Waals surface area contributed by atoms with Crippen molar-refractivity contribution in [3.05, 3.63) is 0 Å². The van der Waals surface area contributed by atoms with E-state index in [4.69, 9.17) is 23.2 Å². The molecule has 0 heterocycles. The highest BCUT2D eigenvalue weighted by atomic mass is 35.5. The Morgan fingerprint density at radius 3 is 2.50 bits per heavy atom. The van der Waals surface area contributed by atoms with Crippen LogP contribution >= 0.6 is 23.2 Å². The first-order chi connectivity index (χ1) is 5.69. The third-order valence-corrected chi connectivity index (χ3v) is 4.46. The van der Waals surface area contributed by atoms with Crippen molar-refractivity contribution in [3.8, 4) is 0 Å². The van der Waals surface area contributed by atoms with E-state index in [9.17, 15) is 4.79 Å². The van der Waals surface area contributed by atoms with Gasteiger partial charge in [0.05, 0.1) is 5.41 Å². The molecule has 2 aliphatic carbocycles. The second-order valence-electron chi connectivity index (χ2n) is 4.14. The Bertz CT molecular complexity index is 217. The van der Waals surface area contributed by atoms with Crippen LogP contribution in [-0.2, 0) is 4.79 Å². The molecule has 0 radical (unpaired) electrons. The van der Waals surface area contributed by atoms with Crippen molar-refractivity contribution in [1.82, 2.24) is 0 Å². The normalized spacial score (nSPS) is 45.2. The molecular formula is C9H12Cl2O. The molecule has 0 amide bonds. The molecule has 68 valence electrons. The minimum atomic E-state index is -0.355. The zero-order chi connectivity index (χ0) is 8.77. The third-order valence-electron chi connectivity index (χ3n) is 3.61. The number of carbonyl (C=O) groups excluding carboxylic acids is 1. The third kappa shape index (κ3) is 1.03. The van der Waals surface area contributed by atoms with Gasteiger partial charge in [-0.25, -0.2) is 0 Å². The topological polar surface area (TPSA) is 17.1 Å². The number of hydrogen-bond acceptors (Lipinski definition) is 1.